The van der Waals surface area contributed by atoms with Gasteiger partial charge in [0.2, 0.25) is 0 Å². The molecule has 0 spiro atoms. The minimum atomic E-state index is -0.241. The number of aryl methyl sites for hydroxylation is 2. The second kappa shape index (κ2) is 6.24. The van der Waals surface area contributed by atoms with Crippen LogP contribution in [0, 0.1) is 6.92 Å². The molecule has 0 radical (unpaired) electrons. The molecule has 23 heavy (non-hydrogen) atoms. The van der Waals surface area contributed by atoms with Crippen LogP contribution in [0.2, 0.25) is 0 Å². The number of ketones is 1. The number of nitrogens with zero attached hydrogens (tertiary/aromatic N) is 2. The van der Waals surface area contributed by atoms with Crippen molar-refractivity contribution in [3.8, 4) is 0 Å². The fourth-order valence-electron chi connectivity index (χ4n) is 2.89. The molecule has 0 bridgehead atoms. The van der Waals surface area contributed by atoms with Crippen molar-refractivity contribution in [3.63, 3.8) is 0 Å². The monoisotopic (exact) mass is 312 g/mol. The van der Waals surface area contributed by atoms with Gasteiger partial charge in [-0.25, -0.2) is 4.98 Å². The first-order valence-electron chi connectivity index (χ1n) is 7.85. The molecule has 1 aliphatic carbocycles. The molecule has 3 rings (SSSR count). The summed E-state index contributed by atoms with van der Waals surface area (Å²) in [4.78, 5) is 28.1. The molecular formula is C17H20N4O2. The number of imidazole rings is 1. The number of benzene rings is 1. The second-order valence-corrected chi connectivity index (χ2v) is 5.68. The largest absolute Gasteiger partial charge is 0.329 e. The second-order valence-electron chi connectivity index (χ2n) is 5.68. The summed E-state index contributed by atoms with van der Waals surface area (Å²) < 4.78 is 2.10. The Morgan fingerprint density at radius 2 is 2.17 bits per heavy atom. The van der Waals surface area contributed by atoms with Crippen molar-refractivity contribution in [3.05, 3.63) is 41.4 Å². The number of allylic oxidation sites excluding steroid dienone is 2. The van der Waals surface area contributed by atoms with Gasteiger partial charge >= 0.3 is 0 Å². The average molecular weight is 312 g/mol. The molecular weight excluding hydrogens is 292 g/mol. The topological polar surface area (TPSA) is 76.0 Å². The van der Waals surface area contributed by atoms with E-state index in [1.807, 2.05) is 13.0 Å². The average Bonchev–Trinajstić information content (AvgIpc) is 2.86. The Hall–Kier alpha value is -2.63. The first kappa shape index (κ1) is 15.3. The number of rotatable bonds is 4. The van der Waals surface area contributed by atoms with E-state index in [4.69, 9.17) is 0 Å². The summed E-state index contributed by atoms with van der Waals surface area (Å²) in [6, 6.07) is 5.48. The summed E-state index contributed by atoms with van der Waals surface area (Å²) in [6.07, 6.45) is 3.72. The first-order valence-corrected chi connectivity index (χ1v) is 7.85. The number of carbonyl (C=O) groups excluding carboxylic acids is 2. The van der Waals surface area contributed by atoms with Crippen molar-refractivity contribution in [1.82, 2.24) is 20.4 Å². The van der Waals surface area contributed by atoms with Crippen LogP contribution in [0.1, 0.15) is 42.4 Å². The van der Waals surface area contributed by atoms with E-state index in [2.05, 4.69) is 27.3 Å². The third-order valence-electron chi connectivity index (χ3n) is 4.06. The quantitative estimate of drug-likeness (QED) is 0.849. The van der Waals surface area contributed by atoms with Crippen molar-refractivity contribution in [2.24, 2.45) is 0 Å². The predicted octanol–water partition coefficient (Wildman–Crippen LogP) is 2.24. The summed E-state index contributed by atoms with van der Waals surface area (Å²) in [5.74, 6) is 0.786. The number of aromatic nitrogens is 2. The van der Waals surface area contributed by atoms with Crippen molar-refractivity contribution < 1.29 is 9.59 Å². The lowest BCUT2D eigenvalue weighted by atomic mass is 10.0. The van der Waals surface area contributed by atoms with E-state index >= 15 is 0 Å². The van der Waals surface area contributed by atoms with E-state index < -0.39 is 0 Å². The molecule has 6 heteroatoms. The van der Waals surface area contributed by atoms with E-state index in [0.717, 1.165) is 41.9 Å². The van der Waals surface area contributed by atoms with E-state index in [0.29, 0.717) is 12.0 Å². The molecule has 1 aromatic heterocycles. The number of hydrogen-bond acceptors (Lipinski definition) is 4. The van der Waals surface area contributed by atoms with Crippen LogP contribution >= 0.6 is 0 Å². The van der Waals surface area contributed by atoms with Crippen molar-refractivity contribution in [2.45, 2.75) is 39.7 Å². The summed E-state index contributed by atoms with van der Waals surface area (Å²) in [5, 5.41) is 0. The van der Waals surface area contributed by atoms with Crippen molar-refractivity contribution >= 4 is 22.7 Å². The number of nitrogens with one attached hydrogen (secondary N) is 2. The Kier molecular flexibility index (Phi) is 4.14. The predicted molar refractivity (Wildman–Crippen MR) is 87.7 cm³/mol. The van der Waals surface area contributed by atoms with Gasteiger partial charge in [-0.3, -0.25) is 15.0 Å². The molecule has 1 heterocycles. The maximum atomic E-state index is 12.3. The lowest BCUT2D eigenvalue weighted by Crippen LogP contribution is -2.37. The van der Waals surface area contributed by atoms with Gasteiger partial charge < -0.3 is 9.99 Å². The molecule has 0 unspecified atom stereocenters. The third-order valence-corrected chi connectivity index (χ3v) is 4.06. The molecule has 6 nitrogen and oxygen atoms in total. The molecule has 120 valence electrons. The van der Waals surface area contributed by atoms with Crippen LogP contribution < -0.4 is 10.9 Å². The molecule has 2 N–H and O–H groups in total. The van der Waals surface area contributed by atoms with Gasteiger partial charge in [0.1, 0.15) is 5.82 Å². The molecule has 2 aromatic rings. The van der Waals surface area contributed by atoms with Crippen molar-refractivity contribution in [2.75, 3.05) is 0 Å². The highest BCUT2D eigenvalue weighted by Gasteiger charge is 2.13. The molecule has 1 aliphatic rings. The fraction of sp³-hybridized carbons (Fsp3) is 0.353. The molecule has 0 fully saturated rings. The van der Waals surface area contributed by atoms with Crippen LogP contribution in [-0.4, -0.2) is 21.2 Å². The molecule has 1 aromatic carbocycles. The summed E-state index contributed by atoms with van der Waals surface area (Å²) >= 11 is 0. The normalized spacial score (nSPS) is 14.7. The molecule has 0 saturated heterocycles. The first-order chi connectivity index (χ1) is 11.1. The molecule has 1 amide bonds. The van der Waals surface area contributed by atoms with Gasteiger partial charge in [0.05, 0.1) is 11.0 Å². The Balaban J connectivity index is 1.75. The van der Waals surface area contributed by atoms with Gasteiger partial charge in [-0.05, 0) is 44.9 Å². The lowest BCUT2D eigenvalue weighted by Gasteiger charge is -2.15. The molecule has 0 aliphatic heterocycles. The number of carbonyl (C=O) groups is 2. The van der Waals surface area contributed by atoms with Crippen molar-refractivity contribution in [1.29, 1.82) is 0 Å². The van der Waals surface area contributed by atoms with Gasteiger partial charge in [0.15, 0.2) is 5.78 Å². The highest BCUT2D eigenvalue weighted by Crippen LogP contribution is 2.18. The minimum Gasteiger partial charge on any atom is -0.329 e. The Morgan fingerprint density at radius 1 is 1.35 bits per heavy atom. The van der Waals surface area contributed by atoms with Gasteiger partial charge in [-0.1, -0.05) is 0 Å². The Morgan fingerprint density at radius 3 is 2.91 bits per heavy atom. The van der Waals surface area contributed by atoms with E-state index in [1.54, 1.807) is 18.2 Å². The van der Waals surface area contributed by atoms with Gasteiger partial charge in [-0.2, -0.15) is 0 Å². The number of fused-ring (bicyclic) bond motifs is 1. The van der Waals surface area contributed by atoms with Crippen LogP contribution in [0.25, 0.3) is 11.0 Å². The molecule has 0 atom stereocenters. The maximum absolute atomic E-state index is 12.3. The zero-order chi connectivity index (χ0) is 16.4. The third kappa shape index (κ3) is 3.11. The highest BCUT2D eigenvalue weighted by atomic mass is 16.2. The zero-order valence-corrected chi connectivity index (χ0v) is 13.3. The number of hydrogen-bond donors (Lipinski definition) is 2. The van der Waals surface area contributed by atoms with E-state index in [-0.39, 0.29) is 11.7 Å². The Bertz CT molecular complexity index is 804. The molecule has 0 saturated carbocycles. The van der Waals surface area contributed by atoms with Gasteiger partial charge in [0, 0.05) is 30.3 Å². The standard InChI is InChI=1S/C17H20N4O2/c1-3-21-11(2)18-15-9-12(7-8-16(15)21)17(23)20-19-13-5-4-6-14(22)10-13/h7-10,19H,3-6H2,1-2H3,(H,20,23). The highest BCUT2D eigenvalue weighted by molar-refractivity contribution is 5.97. The van der Waals surface area contributed by atoms with Crippen LogP contribution in [0.4, 0.5) is 0 Å². The summed E-state index contributed by atoms with van der Waals surface area (Å²) in [5.41, 5.74) is 8.61. The van der Waals surface area contributed by atoms with E-state index in [9.17, 15) is 9.59 Å². The minimum absolute atomic E-state index is 0.0926. The van der Waals surface area contributed by atoms with Crippen LogP contribution in [-0.2, 0) is 11.3 Å². The maximum Gasteiger partial charge on any atom is 0.269 e. The Labute approximate surface area is 134 Å². The SMILES string of the molecule is CCn1c(C)nc2cc(C(=O)NNC3=CC(=O)CCC3)ccc21. The van der Waals surface area contributed by atoms with Crippen LogP contribution in [0.5, 0.6) is 0 Å². The smallest absolute Gasteiger partial charge is 0.269 e. The number of hydrazine groups is 1. The van der Waals surface area contributed by atoms with Gasteiger partial charge in [-0.15, -0.1) is 0 Å². The number of amides is 1. The zero-order valence-electron chi connectivity index (χ0n) is 13.3. The van der Waals surface area contributed by atoms with Crippen LogP contribution in [0.3, 0.4) is 0 Å². The fourth-order valence-corrected chi connectivity index (χ4v) is 2.89. The lowest BCUT2D eigenvalue weighted by molar-refractivity contribution is -0.115. The van der Waals surface area contributed by atoms with Gasteiger partial charge in [0.25, 0.3) is 5.91 Å². The summed E-state index contributed by atoms with van der Waals surface area (Å²) in [6.45, 7) is 4.87. The van der Waals surface area contributed by atoms with E-state index in [1.165, 1.54) is 0 Å². The van der Waals surface area contributed by atoms with Crippen LogP contribution in [0.15, 0.2) is 30.0 Å². The summed E-state index contributed by atoms with van der Waals surface area (Å²) in [7, 11) is 0.